The van der Waals surface area contributed by atoms with Crippen LogP contribution in [-0.2, 0) is 0 Å². The number of H-pyrrole nitrogens is 1. The highest BCUT2D eigenvalue weighted by molar-refractivity contribution is 6.30. The Morgan fingerprint density at radius 2 is 2.07 bits per heavy atom. The molecule has 3 aromatic rings. The highest BCUT2D eigenvalue weighted by Crippen LogP contribution is 2.26. The van der Waals surface area contributed by atoms with Crippen LogP contribution in [0.4, 0.5) is 4.39 Å². The Kier molecular flexibility index (Phi) is 6.25. The van der Waals surface area contributed by atoms with Crippen LogP contribution in [0.3, 0.4) is 0 Å². The van der Waals surface area contributed by atoms with Crippen molar-refractivity contribution in [2.75, 3.05) is 6.61 Å². The number of benzene rings is 1. The molecule has 10 heteroatoms. The molecule has 8 nitrogen and oxygen atoms in total. The summed E-state index contributed by atoms with van der Waals surface area (Å²) in [7, 11) is 0. The molecule has 0 saturated heterocycles. The lowest BCUT2D eigenvalue weighted by Crippen LogP contribution is -2.44. The maximum absolute atomic E-state index is 13.8. The van der Waals surface area contributed by atoms with Gasteiger partial charge in [-0.1, -0.05) is 25.4 Å². The van der Waals surface area contributed by atoms with Crippen LogP contribution in [0.15, 0.2) is 29.2 Å². The summed E-state index contributed by atoms with van der Waals surface area (Å²) in [5, 5.41) is 25.9. The lowest BCUT2D eigenvalue weighted by molar-refractivity contribution is 0.0757. The number of rotatable bonds is 6. The van der Waals surface area contributed by atoms with E-state index in [1.807, 2.05) is 13.8 Å². The van der Waals surface area contributed by atoms with Crippen molar-refractivity contribution in [2.45, 2.75) is 38.8 Å². The normalized spacial score (nSPS) is 13.6. The zero-order valence-corrected chi connectivity index (χ0v) is 17.4. The van der Waals surface area contributed by atoms with Gasteiger partial charge in [0.2, 0.25) is 0 Å². The molecule has 30 heavy (non-hydrogen) atoms. The monoisotopic (exact) mass is 436 g/mol. The van der Waals surface area contributed by atoms with Crippen molar-refractivity contribution < 1.29 is 19.4 Å². The number of amides is 1. The fourth-order valence-corrected chi connectivity index (χ4v) is 3.33. The van der Waals surface area contributed by atoms with Gasteiger partial charge in [0.1, 0.15) is 11.3 Å². The number of aliphatic hydroxyl groups is 2. The lowest BCUT2D eigenvalue weighted by Gasteiger charge is -2.19. The summed E-state index contributed by atoms with van der Waals surface area (Å²) < 4.78 is 15.1. The van der Waals surface area contributed by atoms with Gasteiger partial charge in [0.15, 0.2) is 5.82 Å². The SMILES string of the molecule is CC(C)c1c(C(=O)NC(CO)C(C)O)cn2nc(-c3ccc(Cl)c(F)c3)[nH]c(=O)c12. The van der Waals surface area contributed by atoms with E-state index >= 15 is 0 Å². The van der Waals surface area contributed by atoms with E-state index in [2.05, 4.69) is 15.4 Å². The Morgan fingerprint density at radius 1 is 1.37 bits per heavy atom. The van der Waals surface area contributed by atoms with Crippen molar-refractivity contribution >= 4 is 23.0 Å². The van der Waals surface area contributed by atoms with E-state index in [4.69, 9.17) is 11.6 Å². The molecular weight excluding hydrogens is 415 g/mol. The molecule has 0 aliphatic carbocycles. The number of carbonyl (C=O) groups is 1. The van der Waals surface area contributed by atoms with Crippen LogP contribution in [0.5, 0.6) is 0 Å². The number of carbonyl (C=O) groups excluding carboxylic acids is 1. The van der Waals surface area contributed by atoms with E-state index in [0.717, 1.165) is 6.07 Å². The first-order chi connectivity index (χ1) is 14.1. The topological polar surface area (TPSA) is 120 Å². The summed E-state index contributed by atoms with van der Waals surface area (Å²) in [5.74, 6) is -1.29. The van der Waals surface area contributed by atoms with E-state index in [1.54, 1.807) is 0 Å². The molecule has 0 saturated carbocycles. The second-order valence-corrected chi connectivity index (χ2v) is 7.75. The van der Waals surface area contributed by atoms with Gasteiger partial charge in [-0.15, -0.1) is 5.10 Å². The van der Waals surface area contributed by atoms with Gasteiger partial charge < -0.3 is 20.5 Å². The van der Waals surface area contributed by atoms with Gasteiger partial charge in [-0.2, -0.15) is 0 Å². The molecule has 1 amide bonds. The summed E-state index contributed by atoms with van der Waals surface area (Å²) >= 11 is 5.71. The van der Waals surface area contributed by atoms with Crippen LogP contribution in [-0.4, -0.2) is 49.5 Å². The number of nitrogens with one attached hydrogen (secondary N) is 2. The van der Waals surface area contributed by atoms with Crippen LogP contribution in [0, 0.1) is 5.82 Å². The van der Waals surface area contributed by atoms with Crippen molar-refractivity contribution in [3.05, 3.63) is 56.7 Å². The van der Waals surface area contributed by atoms with Gasteiger partial charge in [-0.25, -0.2) is 8.91 Å². The van der Waals surface area contributed by atoms with Gasteiger partial charge in [0, 0.05) is 17.3 Å². The van der Waals surface area contributed by atoms with Gasteiger partial charge >= 0.3 is 0 Å². The Morgan fingerprint density at radius 3 is 2.63 bits per heavy atom. The van der Waals surface area contributed by atoms with Gasteiger partial charge in [0.25, 0.3) is 11.5 Å². The Hall–Kier alpha value is -2.75. The summed E-state index contributed by atoms with van der Waals surface area (Å²) in [6.45, 7) is 4.65. The third kappa shape index (κ3) is 4.09. The van der Waals surface area contributed by atoms with E-state index < -0.39 is 36.0 Å². The molecule has 2 unspecified atom stereocenters. The first kappa shape index (κ1) is 21.9. The quantitative estimate of drug-likeness (QED) is 0.471. The highest BCUT2D eigenvalue weighted by Gasteiger charge is 2.25. The van der Waals surface area contributed by atoms with Crippen LogP contribution >= 0.6 is 11.6 Å². The van der Waals surface area contributed by atoms with Crippen LogP contribution in [0.2, 0.25) is 5.02 Å². The number of aliphatic hydroxyl groups excluding tert-OH is 2. The van der Waals surface area contributed by atoms with E-state index in [0.29, 0.717) is 11.1 Å². The number of hydrogen-bond acceptors (Lipinski definition) is 5. The summed E-state index contributed by atoms with van der Waals surface area (Å²) in [6.07, 6.45) is 0.438. The molecule has 2 heterocycles. The van der Waals surface area contributed by atoms with Crippen molar-refractivity contribution in [3.8, 4) is 11.4 Å². The van der Waals surface area contributed by atoms with Crippen molar-refractivity contribution in [1.82, 2.24) is 19.9 Å². The minimum atomic E-state index is -0.966. The van der Waals surface area contributed by atoms with Crippen molar-refractivity contribution in [3.63, 3.8) is 0 Å². The van der Waals surface area contributed by atoms with Crippen LogP contribution in [0.1, 0.15) is 42.6 Å². The first-order valence-electron chi connectivity index (χ1n) is 9.34. The molecular formula is C20H22ClFN4O4. The second-order valence-electron chi connectivity index (χ2n) is 7.34. The standard InChI is InChI=1S/C20H22ClFN4O4/c1-9(2)16-12(19(29)23-15(8-27)10(3)28)7-26-17(16)20(30)24-18(25-26)11-4-5-13(21)14(22)6-11/h4-7,9-10,15,27-28H,8H2,1-3H3,(H,23,29)(H,24,25,30). The summed E-state index contributed by atoms with van der Waals surface area (Å²) in [4.78, 5) is 28.3. The fraction of sp³-hybridized carbons (Fsp3) is 0.350. The molecule has 2 atom stereocenters. The maximum Gasteiger partial charge on any atom is 0.275 e. The van der Waals surface area contributed by atoms with Gasteiger partial charge in [-0.05, 0) is 31.0 Å². The number of nitrogens with zero attached hydrogens (tertiary/aromatic N) is 2. The van der Waals surface area contributed by atoms with Gasteiger partial charge in [-0.3, -0.25) is 9.59 Å². The molecule has 1 aromatic carbocycles. The molecule has 4 N–H and O–H groups in total. The number of fused-ring (bicyclic) bond motifs is 1. The maximum atomic E-state index is 13.8. The third-order valence-corrected chi connectivity index (χ3v) is 5.10. The Labute approximate surface area is 176 Å². The number of hydrogen-bond donors (Lipinski definition) is 4. The highest BCUT2D eigenvalue weighted by atomic mass is 35.5. The Balaban J connectivity index is 2.14. The van der Waals surface area contributed by atoms with Crippen molar-refractivity contribution in [1.29, 1.82) is 0 Å². The fourth-order valence-electron chi connectivity index (χ4n) is 3.22. The molecule has 2 aromatic heterocycles. The molecule has 0 aliphatic heterocycles. The largest absolute Gasteiger partial charge is 0.394 e. The molecule has 160 valence electrons. The van der Waals surface area contributed by atoms with E-state index in [1.165, 1.54) is 29.8 Å². The Bertz CT molecular complexity index is 1160. The van der Waals surface area contributed by atoms with Crippen LogP contribution in [0.25, 0.3) is 16.9 Å². The third-order valence-electron chi connectivity index (χ3n) is 4.79. The molecule has 0 aliphatic rings. The molecule has 3 rings (SSSR count). The molecule has 0 spiro atoms. The van der Waals surface area contributed by atoms with Crippen LogP contribution < -0.4 is 10.9 Å². The number of aromatic nitrogens is 3. The average Bonchev–Trinajstić information content (AvgIpc) is 3.08. The summed E-state index contributed by atoms with van der Waals surface area (Å²) in [5.41, 5.74) is 0.674. The average molecular weight is 437 g/mol. The second kappa shape index (κ2) is 8.55. The number of aromatic amines is 1. The van der Waals surface area contributed by atoms with E-state index in [-0.39, 0.29) is 27.8 Å². The van der Waals surface area contributed by atoms with Crippen molar-refractivity contribution in [2.24, 2.45) is 0 Å². The van der Waals surface area contributed by atoms with Gasteiger partial charge in [0.05, 0.1) is 29.3 Å². The molecule has 0 radical (unpaired) electrons. The summed E-state index contributed by atoms with van der Waals surface area (Å²) in [6, 6.07) is 3.17. The lowest BCUT2D eigenvalue weighted by atomic mass is 9.99. The number of halogens is 2. The zero-order valence-electron chi connectivity index (χ0n) is 16.6. The van der Waals surface area contributed by atoms with E-state index in [9.17, 15) is 24.2 Å². The zero-order chi connectivity index (χ0) is 22.2. The first-order valence-corrected chi connectivity index (χ1v) is 9.72. The predicted molar refractivity (Wildman–Crippen MR) is 110 cm³/mol. The molecule has 0 bridgehead atoms. The minimum absolute atomic E-state index is 0.0549. The molecule has 0 fully saturated rings. The minimum Gasteiger partial charge on any atom is -0.394 e. The smallest absolute Gasteiger partial charge is 0.275 e. The predicted octanol–water partition coefficient (Wildman–Crippen LogP) is 2.08.